The summed E-state index contributed by atoms with van der Waals surface area (Å²) >= 11 is 18.7. The van der Waals surface area contributed by atoms with E-state index in [0.29, 0.717) is 0 Å². The Hall–Kier alpha value is -5.40. The molecule has 10 atom stereocenters. The van der Waals surface area contributed by atoms with Crippen LogP contribution in [0.25, 0.3) is 0 Å². The van der Waals surface area contributed by atoms with Crippen molar-refractivity contribution in [2.75, 3.05) is 19.8 Å². The van der Waals surface area contributed by atoms with Crippen LogP contribution >= 0.6 is 46.6 Å². The van der Waals surface area contributed by atoms with Crippen molar-refractivity contribution < 1.29 is 66.7 Å². The fourth-order valence-electron chi connectivity index (χ4n) is 7.24. The molecule has 3 saturated heterocycles. The van der Waals surface area contributed by atoms with Gasteiger partial charge < -0.3 is 48.5 Å². The Balaban J connectivity index is 1.32. The lowest BCUT2D eigenvalue weighted by molar-refractivity contribution is -0.175. The molecule has 7 rings (SSSR count). The maximum absolute atomic E-state index is 14.1. The van der Waals surface area contributed by atoms with Crippen LogP contribution in [0, 0.1) is 0 Å². The topological polar surface area (TPSA) is 200 Å². The van der Waals surface area contributed by atoms with Gasteiger partial charge in [0.25, 0.3) is 0 Å². The van der Waals surface area contributed by atoms with Crippen LogP contribution in [0.4, 0.5) is 4.79 Å². The summed E-state index contributed by atoms with van der Waals surface area (Å²) in [6, 6.07) is 29.4. The minimum Gasteiger partial charge on any atom is -0.459 e. The van der Waals surface area contributed by atoms with Crippen molar-refractivity contribution in [3.8, 4) is 0 Å². The van der Waals surface area contributed by atoms with Gasteiger partial charge in [-0.1, -0.05) is 108 Å². The summed E-state index contributed by atoms with van der Waals surface area (Å²) in [7, 11) is 0. The quantitative estimate of drug-likeness (QED) is 0.0838. The molecule has 0 saturated carbocycles. The molecule has 3 aliphatic rings. The molecule has 3 fully saturated rings. The van der Waals surface area contributed by atoms with E-state index < -0.39 is 112 Å². The van der Waals surface area contributed by atoms with Crippen LogP contribution in [0.15, 0.2) is 121 Å². The molecule has 342 valence electrons. The van der Waals surface area contributed by atoms with Gasteiger partial charge in [-0.05, 0) is 48.5 Å². The largest absolute Gasteiger partial charge is 0.459 e. The van der Waals surface area contributed by atoms with Gasteiger partial charge in [0, 0.05) is 6.92 Å². The zero-order valence-corrected chi connectivity index (χ0v) is 37.3. The number of hydrogen-bond donors (Lipinski definition) is 2. The van der Waals surface area contributed by atoms with Gasteiger partial charge >= 0.3 is 30.0 Å². The number of nitrogens with one attached hydrogen (secondary N) is 2. The van der Waals surface area contributed by atoms with Crippen molar-refractivity contribution in [1.29, 1.82) is 0 Å². The van der Waals surface area contributed by atoms with Crippen molar-refractivity contribution in [1.82, 2.24) is 10.6 Å². The standard InChI is InChI=1S/C45H41Cl3N2O14S/c1-25(51)49-32-36(64-41(55)29-20-12-5-13-21-29)37(31-23-58-42(32)60-31)65-43-33(50-44(56)59-24-45(46,47)48)35(63-40(54)28-18-10-4-11-19-28)34(62-39(53)27-16-8-3-9-17-27)30(61-43)22-57-38(52)26-14-6-2-7-15-26/h2-21,30-37,42-43H,22-24H2,1H3,(H,49,51)(H,50,56)/t30-,31-,32-,33-,34-,35-,36-,37-,42+,43+/m1/s1. The van der Waals surface area contributed by atoms with Crippen LogP contribution in [0.2, 0.25) is 0 Å². The minimum atomic E-state index is -2.04. The summed E-state index contributed by atoms with van der Waals surface area (Å²) in [4.78, 5) is 81.5. The maximum Gasteiger partial charge on any atom is 0.407 e. The van der Waals surface area contributed by atoms with E-state index in [9.17, 15) is 28.8 Å². The van der Waals surface area contributed by atoms with E-state index in [1.54, 1.807) is 84.9 Å². The fraction of sp³-hybridized carbons (Fsp3) is 0.333. The molecule has 16 nitrogen and oxygen atoms in total. The molecule has 4 aromatic carbocycles. The van der Waals surface area contributed by atoms with E-state index in [0.717, 1.165) is 11.8 Å². The van der Waals surface area contributed by atoms with Crippen molar-refractivity contribution in [3.05, 3.63) is 144 Å². The number of fused-ring (bicyclic) bond motifs is 2. The highest BCUT2D eigenvalue weighted by atomic mass is 35.6. The number of esters is 4. The third kappa shape index (κ3) is 12.5. The summed E-state index contributed by atoms with van der Waals surface area (Å²) in [5.74, 6) is -3.78. The Morgan fingerprint density at radius 3 is 1.58 bits per heavy atom. The van der Waals surface area contributed by atoms with Crippen molar-refractivity contribution in [2.24, 2.45) is 0 Å². The molecule has 4 aromatic rings. The monoisotopic (exact) mass is 970 g/mol. The molecule has 2 N–H and O–H groups in total. The first-order valence-corrected chi connectivity index (χ1v) is 22.2. The molecule has 2 amide bonds. The van der Waals surface area contributed by atoms with E-state index in [1.807, 2.05) is 0 Å². The van der Waals surface area contributed by atoms with E-state index in [1.165, 1.54) is 43.3 Å². The molecule has 20 heteroatoms. The first kappa shape index (κ1) is 47.6. The third-order valence-electron chi connectivity index (χ3n) is 10.2. The van der Waals surface area contributed by atoms with Crippen LogP contribution in [0.1, 0.15) is 48.4 Å². The fourth-order valence-corrected chi connectivity index (χ4v) is 9.01. The molecular weight excluding hydrogens is 931 g/mol. The number of ether oxygens (including phenoxy) is 8. The second-order valence-electron chi connectivity index (χ2n) is 14.8. The van der Waals surface area contributed by atoms with Gasteiger partial charge in [-0.15, -0.1) is 11.8 Å². The van der Waals surface area contributed by atoms with E-state index in [-0.39, 0.29) is 28.9 Å². The van der Waals surface area contributed by atoms with Gasteiger partial charge in [0.1, 0.15) is 42.9 Å². The highest BCUT2D eigenvalue weighted by Crippen LogP contribution is 2.43. The molecule has 0 aliphatic carbocycles. The lowest BCUT2D eigenvalue weighted by Gasteiger charge is -2.47. The van der Waals surface area contributed by atoms with Gasteiger partial charge in [0.05, 0.1) is 40.2 Å². The van der Waals surface area contributed by atoms with Crippen LogP contribution in [0.3, 0.4) is 0 Å². The molecule has 3 aliphatic heterocycles. The minimum absolute atomic E-state index is 0.0320. The number of thioether (sulfide) groups is 1. The van der Waals surface area contributed by atoms with Crippen LogP contribution in [-0.4, -0.2) is 119 Å². The van der Waals surface area contributed by atoms with Gasteiger partial charge in [0.15, 0.2) is 18.5 Å². The normalized spacial score (nSPS) is 25.8. The molecule has 65 heavy (non-hydrogen) atoms. The van der Waals surface area contributed by atoms with E-state index in [4.69, 9.17) is 72.7 Å². The number of halogens is 3. The Bertz CT molecular complexity index is 2300. The second-order valence-corrected chi connectivity index (χ2v) is 18.6. The predicted octanol–water partition coefficient (Wildman–Crippen LogP) is 6.07. The van der Waals surface area contributed by atoms with Gasteiger partial charge in [-0.25, -0.2) is 24.0 Å². The number of benzene rings is 4. The Kier molecular flexibility index (Phi) is 15.9. The van der Waals surface area contributed by atoms with Crippen LogP contribution < -0.4 is 10.6 Å². The number of rotatable bonds is 14. The predicted molar refractivity (Wildman–Crippen MR) is 234 cm³/mol. The zero-order valence-electron chi connectivity index (χ0n) is 34.2. The molecule has 0 unspecified atom stereocenters. The van der Waals surface area contributed by atoms with Crippen molar-refractivity contribution >= 4 is 82.4 Å². The maximum atomic E-state index is 14.1. The number of carbonyl (C=O) groups excluding carboxylic acids is 6. The number of amides is 2. The Labute approximate surface area is 391 Å². The first-order valence-electron chi connectivity index (χ1n) is 20.1. The second kappa shape index (κ2) is 21.7. The van der Waals surface area contributed by atoms with Gasteiger partial charge in [0.2, 0.25) is 9.70 Å². The van der Waals surface area contributed by atoms with Gasteiger partial charge in [-0.3, -0.25) is 4.79 Å². The van der Waals surface area contributed by atoms with Crippen molar-refractivity contribution in [3.63, 3.8) is 0 Å². The zero-order chi connectivity index (χ0) is 46.1. The number of alkyl carbamates (subject to hydrolysis) is 1. The summed E-state index contributed by atoms with van der Waals surface area (Å²) in [6.07, 6.45) is -8.91. The van der Waals surface area contributed by atoms with Crippen LogP contribution in [-0.2, 0) is 42.7 Å². The summed E-state index contributed by atoms with van der Waals surface area (Å²) < 4.78 is 46.4. The molecule has 0 spiro atoms. The summed E-state index contributed by atoms with van der Waals surface area (Å²) in [6.45, 7) is -0.0645. The SMILES string of the molecule is CC(=O)N[C@H]1[C@H]2OC[C@@H](O2)[C@@H](S[C@@H]2O[C@H](COC(=O)c3ccccc3)[C@@H](OC(=O)c3ccccc3)[C@H](OC(=O)c3ccccc3)[C@H]2NC(=O)OCC(Cl)(Cl)Cl)[C@@H]1OC(=O)c1ccccc1. The molecule has 0 radical (unpaired) electrons. The Morgan fingerprint density at radius 2 is 1.09 bits per heavy atom. The highest BCUT2D eigenvalue weighted by molar-refractivity contribution is 8.00. The molecular formula is C45H41Cl3N2O14S. The van der Waals surface area contributed by atoms with Gasteiger partial charge in [-0.2, -0.15) is 0 Å². The average Bonchev–Trinajstić information content (AvgIpc) is 3.75. The van der Waals surface area contributed by atoms with Crippen LogP contribution in [0.5, 0.6) is 0 Å². The smallest absolute Gasteiger partial charge is 0.407 e. The van der Waals surface area contributed by atoms with E-state index in [2.05, 4.69) is 10.6 Å². The number of carbonyl (C=O) groups is 6. The lowest BCUT2D eigenvalue weighted by atomic mass is 9.97. The Morgan fingerprint density at radius 1 is 0.615 bits per heavy atom. The molecule has 0 aromatic heterocycles. The lowest BCUT2D eigenvalue weighted by Crippen LogP contribution is -2.67. The molecule has 2 bridgehead atoms. The van der Waals surface area contributed by atoms with Crippen molar-refractivity contribution in [2.45, 2.75) is 70.3 Å². The average molecular weight is 972 g/mol. The summed E-state index contributed by atoms with van der Waals surface area (Å²) in [5.41, 5.74) is -0.804. The highest BCUT2D eigenvalue weighted by Gasteiger charge is 2.58. The van der Waals surface area contributed by atoms with E-state index >= 15 is 0 Å². The molecule has 3 heterocycles. The number of hydrogen-bond acceptors (Lipinski definition) is 15. The summed E-state index contributed by atoms with van der Waals surface area (Å²) in [5, 5.41) is 4.47. The first-order chi connectivity index (χ1) is 31.2. The number of alkyl halides is 3. The third-order valence-corrected chi connectivity index (χ3v) is 12.1.